The molecular weight excluding hydrogens is 264 g/mol. The van der Waals surface area contributed by atoms with Crippen molar-refractivity contribution in [1.82, 2.24) is 10.2 Å². The van der Waals surface area contributed by atoms with Gasteiger partial charge in [-0.3, -0.25) is 0 Å². The van der Waals surface area contributed by atoms with Crippen molar-refractivity contribution in [3.8, 4) is 0 Å². The molecular formula is C17H26N2O2. The fraction of sp³-hybridized carbons (Fsp3) is 0.588. The maximum atomic E-state index is 12.0. The average Bonchev–Trinajstić information content (AvgIpc) is 2.87. The summed E-state index contributed by atoms with van der Waals surface area (Å²) in [5.74, 6) is 0.515. The molecule has 0 bridgehead atoms. The summed E-state index contributed by atoms with van der Waals surface area (Å²) in [6, 6.07) is 10.4. The molecule has 0 unspecified atom stereocenters. The highest BCUT2D eigenvalue weighted by atomic mass is 16.6. The number of hydrogen-bond acceptors (Lipinski definition) is 3. The van der Waals surface area contributed by atoms with Crippen LogP contribution in [0.15, 0.2) is 30.3 Å². The van der Waals surface area contributed by atoms with Crippen LogP contribution in [0.25, 0.3) is 0 Å². The number of nitrogens with zero attached hydrogens (tertiary/aromatic N) is 1. The van der Waals surface area contributed by atoms with Gasteiger partial charge in [-0.05, 0) is 38.7 Å². The quantitative estimate of drug-likeness (QED) is 0.926. The molecule has 0 saturated carbocycles. The maximum absolute atomic E-state index is 12.0. The molecule has 116 valence electrons. The highest BCUT2D eigenvalue weighted by Crippen LogP contribution is 2.19. The molecule has 0 aromatic heterocycles. The molecule has 1 saturated heterocycles. The fourth-order valence-electron chi connectivity index (χ4n) is 2.51. The van der Waals surface area contributed by atoms with E-state index in [1.807, 2.05) is 31.7 Å². The second-order valence-corrected chi connectivity index (χ2v) is 6.70. The first-order chi connectivity index (χ1) is 9.94. The molecule has 21 heavy (non-hydrogen) atoms. The van der Waals surface area contributed by atoms with E-state index in [4.69, 9.17) is 4.74 Å². The number of hydrogen-bond donors (Lipinski definition) is 1. The first-order valence-electron chi connectivity index (χ1n) is 7.66. The van der Waals surface area contributed by atoms with Crippen molar-refractivity contribution in [1.29, 1.82) is 0 Å². The van der Waals surface area contributed by atoms with Crippen LogP contribution in [0.3, 0.4) is 0 Å². The van der Waals surface area contributed by atoms with Gasteiger partial charge < -0.3 is 15.0 Å². The Morgan fingerprint density at radius 2 is 2.05 bits per heavy atom. The lowest BCUT2D eigenvalue weighted by atomic mass is 10.1. The van der Waals surface area contributed by atoms with Gasteiger partial charge in [0.2, 0.25) is 0 Å². The summed E-state index contributed by atoms with van der Waals surface area (Å²) in [4.78, 5) is 13.8. The van der Waals surface area contributed by atoms with Crippen LogP contribution in [-0.4, -0.2) is 36.2 Å². The van der Waals surface area contributed by atoms with Crippen molar-refractivity contribution in [2.75, 3.05) is 19.6 Å². The normalized spacial score (nSPS) is 18.8. The van der Waals surface area contributed by atoms with E-state index in [2.05, 4.69) is 29.6 Å². The molecule has 2 rings (SSSR count). The molecule has 1 heterocycles. The summed E-state index contributed by atoms with van der Waals surface area (Å²) in [6.45, 7) is 9.11. The number of nitrogens with one attached hydrogen (secondary N) is 1. The smallest absolute Gasteiger partial charge is 0.410 e. The van der Waals surface area contributed by atoms with Crippen LogP contribution in [0.5, 0.6) is 0 Å². The van der Waals surface area contributed by atoms with Crippen molar-refractivity contribution in [2.24, 2.45) is 5.92 Å². The minimum atomic E-state index is -0.416. The second-order valence-electron chi connectivity index (χ2n) is 6.70. The molecule has 1 aliphatic heterocycles. The van der Waals surface area contributed by atoms with Gasteiger partial charge in [-0.1, -0.05) is 30.3 Å². The molecule has 1 N–H and O–H groups in total. The van der Waals surface area contributed by atoms with Crippen molar-refractivity contribution in [3.05, 3.63) is 35.9 Å². The van der Waals surface area contributed by atoms with Gasteiger partial charge in [0, 0.05) is 26.2 Å². The van der Waals surface area contributed by atoms with Gasteiger partial charge in [0.15, 0.2) is 0 Å². The predicted octanol–water partition coefficient (Wildman–Crippen LogP) is 3.03. The van der Waals surface area contributed by atoms with E-state index in [1.54, 1.807) is 0 Å². The van der Waals surface area contributed by atoms with Gasteiger partial charge in [0.1, 0.15) is 5.60 Å². The molecule has 4 nitrogen and oxygen atoms in total. The molecule has 1 aromatic carbocycles. The Balaban J connectivity index is 1.69. The standard InChI is InChI=1S/C17H26N2O2/c1-17(2,3)21-16(20)19-10-9-15(13-19)12-18-11-14-7-5-4-6-8-14/h4-8,15,18H,9-13H2,1-3H3/t15-/m0/s1. The lowest BCUT2D eigenvalue weighted by molar-refractivity contribution is 0.0288. The Labute approximate surface area is 127 Å². The summed E-state index contributed by atoms with van der Waals surface area (Å²) >= 11 is 0. The topological polar surface area (TPSA) is 41.6 Å². The first-order valence-corrected chi connectivity index (χ1v) is 7.66. The number of rotatable bonds is 4. The van der Waals surface area contributed by atoms with E-state index >= 15 is 0 Å². The number of carbonyl (C=O) groups is 1. The van der Waals surface area contributed by atoms with Gasteiger partial charge >= 0.3 is 6.09 Å². The molecule has 1 aromatic rings. The Morgan fingerprint density at radius 1 is 1.33 bits per heavy atom. The highest BCUT2D eigenvalue weighted by molar-refractivity contribution is 5.68. The Hall–Kier alpha value is -1.55. The summed E-state index contributed by atoms with van der Waals surface area (Å²) < 4.78 is 5.41. The molecule has 0 radical (unpaired) electrons. The largest absolute Gasteiger partial charge is 0.444 e. The second kappa shape index (κ2) is 6.94. The zero-order chi connectivity index (χ0) is 15.3. The minimum Gasteiger partial charge on any atom is -0.444 e. The van der Waals surface area contributed by atoms with E-state index in [1.165, 1.54) is 5.56 Å². The summed E-state index contributed by atoms with van der Waals surface area (Å²) in [6.07, 6.45) is 0.856. The van der Waals surface area contributed by atoms with E-state index in [-0.39, 0.29) is 6.09 Å². The Morgan fingerprint density at radius 3 is 2.71 bits per heavy atom. The van der Waals surface area contributed by atoms with Gasteiger partial charge in [0.25, 0.3) is 0 Å². The van der Waals surface area contributed by atoms with Gasteiger partial charge in [0.05, 0.1) is 0 Å². The fourth-order valence-corrected chi connectivity index (χ4v) is 2.51. The number of carbonyl (C=O) groups excluding carboxylic acids is 1. The summed E-state index contributed by atoms with van der Waals surface area (Å²) in [7, 11) is 0. The molecule has 1 fully saturated rings. The molecule has 1 atom stereocenters. The number of ether oxygens (including phenoxy) is 1. The van der Waals surface area contributed by atoms with Gasteiger partial charge in [-0.2, -0.15) is 0 Å². The zero-order valence-electron chi connectivity index (χ0n) is 13.3. The molecule has 0 spiro atoms. The predicted molar refractivity (Wildman–Crippen MR) is 84.1 cm³/mol. The monoisotopic (exact) mass is 290 g/mol. The van der Waals surface area contributed by atoms with Crippen LogP contribution in [0.2, 0.25) is 0 Å². The number of amides is 1. The number of benzene rings is 1. The van der Waals surface area contributed by atoms with E-state index < -0.39 is 5.60 Å². The third-order valence-electron chi connectivity index (χ3n) is 3.54. The Bertz CT molecular complexity index is 454. The van der Waals surface area contributed by atoms with Crippen LogP contribution < -0.4 is 5.32 Å². The minimum absolute atomic E-state index is 0.187. The lowest BCUT2D eigenvalue weighted by Crippen LogP contribution is -2.36. The molecule has 0 aliphatic carbocycles. The van der Waals surface area contributed by atoms with Crippen molar-refractivity contribution in [2.45, 2.75) is 39.3 Å². The van der Waals surface area contributed by atoms with Crippen LogP contribution in [0.4, 0.5) is 4.79 Å². The third-order valence-corrected chi connectivity index (χ3v) is 3.54. The summed E-state index contributed by atoms with van der Waals surface area (Å²) in [5.41, 5.74) is 0.875. The zero-order valence-corrected chi connectivity index (χ0v) is 13.3. The van der Waals surface area contributed by atoms with Crippen LogP contribution in [-0.2, 0) is 11.3 Å². The Kier molecular flexibility index (Phi) is 5.23. The molecule has 1 amide bonds. The van der Waals surface area contributed by atoms with E-state index in [0.29, 0.717) is 5.92 Å². The SMILES string of the molecule is CC(C)(C)OC(=O)N1CC[C@@H](CNCc2ccccc2)C1. The molecule has 1 aliphatic rings. The van der Waals surface area contributed by atoms with Gasteiger partial charge in [-0.15, -0.1) is 0 Å². The van der Waals surface area contributed by atoms with Crippen molar-refractivity contribution < 1.29 is 9.53 Å². The van der Waals surface area contributed by atoms with Crippen LogP contribution in [0.1, 0.15) is 32.8 Å². The molecule has 4 heteroatoms. The van der Waals surface area contributed by atoms with E-state index in [9.17, 15) is 4.79 Å². The summed E-state index contributed by atoms with van der Waals surface area (Å²) in [5, 5.41) is 3.47. The van der Waals surface area contributed by atoms with Crippen LogP contribution >= 0.6 is 0 Å². The number of likely N-dealkylation sites (tertiary alicyclic amines) is 1. The van der Waals surface area contributed by atoms with Gasteiger partial charge in [-0.25, -0.2) is 4.79 Å². The first kappa shape index (κ1) is 15.8. The third kappa shape index (κ3) is 5.38. The van der Waals surface area contributed by atoms with Crippen molar-refractivity contribution >= 4 is 6.09 Å². The van der Waals surface area contributed by atoms with E-state index in [0.717, 1.165) is 32.6 Å². The highest BCUT2D eigenvalue weighted by Gasteiger charge is 2.29. The van der Waals surface area contributed by atoms with Crippen molar-refractivity contribution in [3.63, 3.8) is 0 Å². The lowest BCUT2D eigenvalue weighted by Gasteiger charge is -2.24. The van der Waals surface area contributed by atoms with Crippen LogP contribution in [0, 0.1) is 5.92 Å². The average molecular weight is 290 g/mol. The maximum Gasteiger partial charge on any atom is 0.410 e.